The molecule has 4 heteroatoms. The second-order valence-electron chi connectivity index (χ2n) is 3.09. The Balaban J connectivity index is 2.49. The van der Waals surface area contributed by atoms with Crippen molar-refractivity contribution in [2.45, 2.75) is 13.2 Å². The van der Waals surface area contributed by atoms with E-state index in [1.807, 2.05) is 19.1 Å². The number of carbonyl (C=O) groups excluding carboxylic acids is 1. The summed E-state index contributed by atoms with van der Waals surface area (Å²) in [5, 5.41) is 14.5. The molecule has 1 aromatic rings. The zero-order valence-electron chi connectivity index (χ0n) is 7.16. The first kappa shape index (κ1) is 8.07. The minimum atomic E-state index is -0.899. The number of carbonyl (C=O) groups is 1. The molecular weight excluding hydrogens is 168 g/mol. The monoisotopic (exact) mass is 178 g/mol. The summed E-state index contributed by atoms with van der Waals surface area (Å²) < 4.78 is 0. The van der Waals surface area contributed by atoms with E-state index in [2.05, 4.69) is 10.6 Å². The zero-order valence-corrected chi connectivity index (χ0v) is 7.16. The van der Waals surface area contributed by atoms with Crippen molar-refractivity contribution in [2.75, 3.05) is 5.32 Å². The maximum Gasteiger partial charge on any atom is 0.321 e. The average Bonchev–Trinajstić information content (AvgIpc) is 2.06. The molecule has 3 N–H and O–H groups in total. The fourth-order valence-corrected chi connectivity index (χ4v) is 1.38. The van der Waals surface area contributed by atoms with E-state index in [0.717, 1.165) is 5.56 Å². The highest BCUT2D eigenvalue weighted by Gasteiger charge is 2.21. The maximum atomic E-state index is 10.9. The predicted octanol–water partition coefficient (Wildman–Crippen LogP) is 1.12. The molecule has 0 aromatic heterocycles. The summed E-state index contributed by atoms with van der Waals surface area (Å²) in [5.41, 5.74) is 2.43. The third-order valence-corrected chi connectivity index (χ3v) is 2.02. The van der Waals surface area contributed by atoms with E-state index in [1.165, 1.54) is 0 Å². The second-order valence-corrected chi connectivity index (χ2v) is 3.09. The molecular formula is C9H10N2O2. The number of nitrogens with one attached hydrogen (secondary N) is 2. The summed E-state index contributed by atoms with van der Waals surface area (Å²) in [7, 11) is 0. The summed E-state index contributed by atoms with van der Waals surface area (Å²) >= 11 is 0. The van der Waals surface area contributed by atoms with Crippen LogP contribution in [0.3, 0.4) is 0 Å². The fraction of sp³-hybridized carbons (Fsp3) is 0.222. The lowest BCUT2D eigenvalue weighted by Crippen LogP contribution is -2.37. The van der Waals surface area contributed by atoms with Crippen molar-refractivity contribution in [2.24, 2.45) is 0 Å². The van der Waals surface area contributed by atoms with Gasteiger partial charge in [0, 0.05) is 5.56 Å². The average molecular weight is 178 g/mol. The standard InChI is InChI=1S/C9H10N2O2/c1-5-2-3-7-6(4-5)8(12)11-9(13)10-7/h2-4,8,12H,1H3,(H2,10,11,13). The molecule has 0 bridgehead atoms. The molecule has 2 rings (SSSR count). The van der Waals surface area contributed by atoms with Crippen LogP contribution in [0, 0.1) is 6.92 Å². The molecule has 1 aliphatic heterocycles. The van der Waals surface area contributed by atoms with Crippen molar-refractivity contribution in [3.8, 4) is 0 Å². The van der Waals surface area contributed by atoms with E-state index in [4.69, 9.17) is 0 Å². The molecule has 0 spiro atoms. The minimum absolute atomic E-state index is 0.371. The largest absolute Gasteiger partial charge is 0.369 e. The van der Waals surface area contributed by atoms with Crippen LogP contribution in [-0.2, 0) is 0 Å². The number of aryl methyl sites for hydroxylation is 1. The molecule has 13 heavy (non-hydrogen) atoms. The Labute approximate surface area is 75.6 Å². The Morgan fingerprint density at radius 3 is 3.00 bits per heavy atom. The molecule has 4 nitrogen and oxygen atoms in total. The van der Waals surface area contributed by atoms with Gasteiger partial charge in [-0.05, 0) is 19.1 Å². The molecule has 0 radical (unpaired) electrons. The first-order valence-electron chi connectivity index (χ1n) is 4.03. The van der Waals surface area contributed by atoms with Gasteiger partial charge in [0.15, 0.2) is 6.23 Å². The van der Waals surface area contributed by atoms with Crippen LogP contribution in [-0.4, -0.2) is 11.1 Å². The van der Waals surface area contributed by atoms with Crippen LogP contribution in [0.25, 0.3) is 0 Å². The van der Waals surface area contributed by atoms with Crippen LogP contribution >= 0.6 is 0 Å². The maximum absolute atomic E-state index is 10.9. The highest BCUT2D eigenvalue weighted by atomic mass is 16.3. The van der Waals surface area contributed by atoms with Gasteiger partial charge in [-0.1, -0.05) is 11.6 Å². The number of benzene rings is 1. The van der Waals surface area contributed by atoms with E-state index in [0.29, 0.717) is 11.3 Å². The summed E-state index contributed by atoms with van der Waals surface area (Å²) in [5.74, 6) is 0. The number of urea groups is 1. The number of fused-ring (bicyclic) bond motifs is 1. The normalized spacial score (nSPS) is 20.2. The molecule has 1 unspecified atom stereocenters. The van der Waals surface area contributed by atoms with E-state index >= 15 is 0 Å². The molecule has 68 valence electrons. The highest BCUT2D eigenvalue weighted by Crippen LogP contribution is 2.25. The molecule has 0 fully saturated rings. The number of aliphatic hydroxyl groups excluding tert-OH is 1. The third kappa shape index (κ3) is 1.36. The van der Waals surface area contributed by atoms with Crippen molar-refractivity contribution in [3.05, 3.63) is 29.3 Å². The van der Waals surface area contributed by atoms with Gasteiger partial charge in [0.1, 0.15) is 0 Å². The lowest BCUT2D eigenvalue weighted by Gasteiger charge is -2.23. The lowest BCUT2D eigenvalue weighted by molar-refractivity contribution is 0.144. The van der Waals surface area contributed by atoms with Gasteiger partial charge in [0.2, 0.25) is 0 Å². The van der Waals surface area contributed by atoms with Gasteiger partial charge in [0.25, 0.3) is 0 Å². The van der Waals surface area contributed by atoms with Crippen LogP contribution in [0.2, 0.25) is 0 Å². The van der Waals surface area contributed by atoms with Crippen LogP contribution in [0.5, 0.6) is 0 Å². The lowest BCUT2D eigenvalue weighted by atomic mass is 10.1. The number of hydrogen-bond donors (Lipinski definition) is 3. The van der Waals surface area contributed by atoms with E-state index in [-0.39, 0.29) is 6.03 Å². The van der Waals surface area contributed by atoms with Gasteiger partial charge in [0.05, 0.1) is 5.69 Å². The predicted molar refractivity (Wildman–Crippen MR) is 48.3 cm³/mol. The molecule has 0 aliphatic carbocycles. The van der Waals surface area contributed by atoms with Gasteiger partial charge < -0.3 is 15.7 Å². The van der Waals surface area contributed by atoms with Crippen molar-refractivity contribution in [1.82, 2.24) is 5.32 Å². The molecule has 1 aliphatic rings. The Morgan fingerprint density at radius 2 is 2.23 bits per heavy atom. The fourth-order valence-electron chi connectivity index (χ4n) is 1.38. The molecule has 1 aromatic carbocycles. The van der Waals surface area contributed by atoms with Crippen molar-refractivity contribution in [3.63, 3.8) is 0 Å². The summed E-state index contributed by atoms with van der Waals surface area (Å²) in [6.45, 7) is 1.93. The van der Waals surface area contributed by atoms with Crippen LogP contribution < -0.4 is 10.6 Å². The van der Waals surface area contributed by atoms with E-state index in [1.54, 1.807) is 6.07 Å². The van der Waals surface area contributed by atoms with E-state index in [9.17, 15) is 9.90 Å². The molecule has 1 atom stereocenters. The Morgan fingerprint density at radius 1 is 1.46 bits per heavy atom. The van der Waals surface area contributed by atoms with Crippen molar-refractivity contribution >= 4 is 11.7 Å². The summed E-state index contributed by atoms with van der Waals surface area (Å²) in [6.07, 6.45) is -0.899. The first-order valence-corrected chi connectivity index (χ1v) is 4.03. The Hall–Kier alpha value is -1.55. The highest BCUT2D eigenvalue weighted by molar-refractivity contribution is 5.92. The van der Waals surface area contributed by atoms with Crippen LogP contribution in [0.1, 0.15) is 17.4 Å². The van der Waals surface area contributed by atoms with Crippen molar-refractivity contribution in [1.29, 1.82) is 0 Å². The summed E-state index contributed by atoms with van der Waals surface area (Å²) in [4.78, 5) is 10.9. The number of aliphatic hydroxyl groups is 1. The van der Waals surface area contributed by atoms with Crippen molar-refractivity contribution < 1.29 is 9.90 Å². The molecule has 2 amide bonds. The molecule has 1 heterocycles. The zero-order chi connectivity index (χ0) is 9.42. The van der Waals surface area contributed by atoms with Gasteiger partial charge in [-0.15, -0.1) is 0 Å². The molecule has 0 saturated heterocycles. The Bertz CT molecular complexity index is 363. The minimum Gasteiger partial charge on any atom is -0.369 e. The number of rotatable bonds is 0. The molecule has 0 saturated carbocycles. The van der Waals surface area contributed by atoms with Gasteiger partial charge >= 0.3 is 6.03 Å². The SMILES string of the molecule is Cc1ccc2c(c1)C(O)NC(=O)N2. The first-order chi connectivity index (χ1) is 6.16. The van der Waals surface area contributed by atoms with Crippen LogP contribution in [0.15, 0.2) is 18.2 Å². The van der Waals surface area contributed by atoms with Crippen LogP contribution in [0.4, 0.5) is 10.5 Å². The number of anilines is 1. The second kappa shape index (κ2) is 2.74. The summed E-state index contributed by atoms with van der Waals surface area (Å²) in [6, 6.07) is 5.14. The van der Waals surface area contributed by atoms with Gasteiger partial charge in [-0.2, -0.15) is 0 Å². The number of hydrogen-bond acceptors (Lipinski definition) is 2. The number of amides is 2. The Kier molecular flexibility index (Phi) is 1.70. The quantitative estimate of drug-likeness (QED) is 0.557. The topological polar surface area (TPSA) is 61.4 Å². The smallest absolute Gasteiger partial charge is 0.321 e. The van der Waals surface area contributed by atoms with Gasteiger partial charge in [-0.25, -0.2) is 4.79 Å². The van der Waals surface area contributed by atoms with E-state index < -0.39 is 6.23 Å². The van der Waals surface area contributed by atoms with Gasteiger partial charge in [-0.3, -0.25) is 0 Å². The third-order valence-electron chi connectivity index (χ3n) is 2.02.